The van der Waals surface area contributed by atoms with Crippen LogP contribution in [0.3, 0.4) is 0 Å². The van der Waals surface area contributed by atoms with Crippen LogP contribution in [-0.2, 0) is 11.3 Å². The van der Waals surface area contributed by atoms with Crippen LogP contribution in [0.5, 0.6) is 17.2 Å². The Labute approximate surface area is 127 Å². The fourth-order valence-electron chi connectivity index (χ4n) is 2.89. The highest BCUT2D eigenvalue weighted by molar-refractivity contribution is 5.79. The quantitative estimate of drug-likeness (QED) is 0.438. The van der Waals surface area contributed by atoms with Gasteiger partial charge < -0.3 is 26.0 Å². The van der Waals surface area contributed by atoms with Crippen LogP contribution < -0.4 is 10.6 Å². The van der Waals surface area contributed by atoms with Crippen molar-refractivity contribution in [3.05, 3.63) is 47.0 Å². The number of amides is 1. The summed E-state index contributed by atoms with van der Waals surface area (Å²) in [5.74, 6) is -0.374. The van der Waals surface area contributed by atoms with E-state index in [1.807, 2.05) is 6.07 Å². The third-order valence-electron chi connectivity index (χ3n) is 3.96. The summed E-state index contributed by atoms with van der Waals surface area (Å²) in [5, 5.41) is 34.8. The zero-order valence-corrected chi connectivity index (χ0v) is 11.7. The van der Waals surface area contributed by atoms with Crippen LogP contribution >= 0.6 is 0 Å². The van der Waals surface area contributed by atoms with E-state index in [1.54, 1.807) is 12.1 Å². The lowest BCUT2D eigenvalue weighted by molar-refractivity contribution is -0.105. The number of nitrogens with one attached hydrogen (secondary N) is 2. The second-order valence-corrected chi connectivity index (χ2v) is 5.22. The Bertz CT molecular complexity index is 730. The predicted octanol–water partition coefficient (Wildman–Crippen LogP) is 1.61. The van der Waals surface area contributed by atoms with Gasteiger partial charge in [-0.2, -0.15) is 0 Å². The summed E-state index contributed by atoms with van der Waals surface area (Å²) >= 11 is 0. The highest BCUT2D eigenvalue weighted by atomic mass is 16.3. The van der Waals surface area contributed by atoms with Crippen molar-refractivity contribution in [1.82, 2.24) is 5.32 Å². The molecule has 22 heavy (non-hydrogen) atoms. The van der Waals surface area contributed by atoms with Gasteiger partial charge in [-0.1, -0.05) is 12.1 Å². The van der Waals surface area contributed by atoms with Gasteiger partial charge in [-0.3, -0.25) is 4.79 Å². The van der Waals surface area contributed by atoms with Gasteiger partial charge in [0.25, 0.3) is 0 Å². The number of fused-ring (bicyclic) bond motifs is 1. The van der Waals surface area contributed by atoms with Gasteiger partial charge in [-0.15, -0.1) is 0 Å². The molecular formula is C16H16N2O4. The highest BCUT2D eigenvalue weighted by Crippen LogP contribution is 2.39. The predicted molar refractivity (Wildman–Crippen MR) is 81.1 cm³/mol. The fraction of sp³-hybridized carbons (Fsp3) is 0.188. The summed E-state index contributed by atoms with van der Waals surface area (Å²) in [6.07, 6.45) is 0.533. The minimum Gasteiger partial charge on any atom is -0.506 e. The van der Waals surface area contributed by atoms with Gasteiger partial charge in [0.15, 0.2) is 11.5 Å². The van der Waals surface area contributed by atoms with Gasteiger partial charge in [0.1, 0.15) is 5.75 Å². The Morgan fingerprint density at radius 2 is 1.86 bits per heavy atom. The molecule has 1 atom stereocenters. The molecule has 114 valence electrons. The average molecular weight is 300 g/mol. The molecule has 2 aromatic rings. The van der Waals surface area contributed by atoms with E-state index >= 15 is 0 Å². The molecular weight excluding hydrogens is 284 g/mol. The van der Waals surface area contributed by atoms with Crippen molar-refractivity contribution in [3.8, 4) is 17.2 Å². The molecule has 0 saturated carbocycles. The topological polar surface area (TPSA) is 102 Å². The first kappa shape index (κ1) is 14.2. The third-order valence-corrected chi connectivity index (χ3v) is 3.96. The summed E-state index contributed by atoms with van der Waals surface area (Å²) in [6.45, 7) is 1.18. The summed E-state index contributed by atoms with van der Waals surface area (Å²) in [6, 6.07) is 8.08. The number of hydrogen-bond acceptors (Lipinski definition) is 5. The summed E-state index contributed by atoms with van der Waals surface area (Å²) < 4.78 is 0. The molecule has 0 spiro atoms. The Hall–Kier alpha value is -2.73. The van der Waals surface area contributed by atoms with E-state index in [1.165, 1.54) is 12.1 Å². The molecule has 6 nitrogen and oxygen atoms in total. The van der Waals surface area contributed by atoms with E-state index in [9.17, 15) is 20.1 Å². The number of rotatable bonds is 3. The molecule has 1 aliphatic rings. The Morgan fingerprint density at radius 1 is 1.09 bits per heavy atom. The van der Waals surface area contributed by atoms with Gasteiger partial charge in [-0.05, 0) is 34.9 Å². The molecule has 1 aliphatic heterocycles. The number of benzene rings is 2. The molecule has 2 aromatic carbocycles. The van der Waals surface area contributed by atoms with Crippen LogP contribution in [0.25, 0.3) is 0 Å². The summed E-state index contributed by atoms with van der Waals surface area (Å²) in [4.78, 5) is 10.7. The van der Waals surface area contributed by atoms with Crippen LogP contribution in [0, 0.1) is 0 Å². The molecule has 0 fully saturated rings. The molecule has 3 rings (SSSR count). The molecule has 5 N–H and O–H groups in total. The van der Waals surface area contributed by atoms with E-state index in [2.05, 4.69) is 10.6 Å². The SMILES string of the molecule is O=CNc1c(O)ccc2c1CNCC2c1ccc(O)c(O)c1. The van der Waals surface area contributed by atoms with Crippen molar-refractivity contribution in [3.63, 3.8) is 0 Å². The second kappa shape index (κ2) is 5.57. The lowest BCUT2D eigenvalue weighted by atomic mass is 9.84. The maximum absolute atomic E-state index is 10.7. The fourth-order valence-corrected chi connectivity index (χ4v) is 2.89. The lowest BCUT2D eigenvalue weighted by Crippen LogP contribution is -2.29. The van der Waals surface area contributed by atoms with Crippen LogP contribution in [0.2, 0.25) is 0 Å². The number of hydrogen-bond donors (Lipinski definition) is 5. The van der Waals surface area contributed by atoms with Crippen molar-refractivity contribution in [2.24, 2.45) is 0 Å². The van der Waals surface area contributed by atoms with E-state index in [0.29, 0.717) is 25.2 Å². The van der Waals surface area contributed by atoms with Crippen molar-refractivity contribution in [2.45, 2.75) is 12.5 Å². The number of carbonyl (C=O) groups excluding carboxylic acids is 1. The maximum atomic E-state index is 10.7. The van der Waals surface area contributed by atoms with Gasteiger partial charge in [0, 0.05) is 19.0 Å². The van der Waals surface area contributed by atoms with Crippen molar-refractivity contribution >= 4 is 12.1 Å². The first-order valence-corrected chi connectivity index (χ1v) is 6.89. The van der Waals surface area contributed by atoms with Gasteiger partial charge in [-0.25, -0.2) is 0 Å². The van der Waals surface area contributed by atoms with Crippen molar-refractivity contribution < 1.29 is 20.1 Å². The first-order chi connectivity index (χ1) is 10.6. The van der Waals surface area contributed by atoms with Gasteiger partial charge >= 0.3 is 0 Å². The smallest absolute Gasteiger partial charge is 0.211 e. The van der Waals surface area contributed by atoms with Gasteiger partial charge in [0.05, 0.1) is 5.69 Å². The van der Waals surface area contributed by atoms with Crippen molar-refractivity contribution in [2.75, 3.05) is 11.9 Å². The molecule has 0 radical (unpaired) electrons. The van der Waals surface area contributed by atoms with Crippen LogP contribution in [0.1, 0.15) is 22.6 Å². The number of anilines is 1. The first-order valence-electron chi connectivity index (χ1n) is 6.89. The number of carbonyl (C=O) groups is 1. The second-order valence-electron chi connectivity index (χ2n) is 5.22. The normalized spacial score (nSPS) is 16.8. The monoisotopic (exact) mass is 300 g/mol. The number of aromatic hydroxyl groups is 3. The molecule has 0 aliphatic carbocycles. The zero-order chi connectivity index (χ0) is 15.7. The van der Waals surface area contributed by atoms with Gasteiger partial charge in [0.2, 0.25) is 6.41 Å². The largest absolute Gasteiger partial charge is 0.506 e. The van der Waals surface area contributed by atoms with E-state index < -0.39 is 0 Å². The summed E-state index contributed by atoms with van der Waals surface area (Å²) in [7, 11) is 0. The van der Waals surface area contributed by atoms with E-state index in [0.717, 1.165) is 16.7 Å². The average Bonchev–Trinajstić information content (AvgIpc) is 2.52. The third kappa shape index (κ3) is 2.33. The van der Waals surface area contributed by atoms with E-state index in [-0.39, 0.29) is 23.2 Å². The Kier molecular flexibility index (Phi) is 3.60. The standard InChI is InChI=1S/C16H16N2O4/c19-8-18-16-12-7-17-6-11(10(12)2-4-14(16)21)9-1-3-13(20)15(22)5-9/h1-5,8,11,17,20-22H,6-7H2,(H,18,19). The molecule has 0 saturated heterocycles. The minimum absolute atomic E-state index is 0.0156. The minimum atomic E-state index is -0.172. The van der Waals surface area contributed by atoms with E-state index in [4.69, 9.17) is 0 Å². The molecule has 1 heterocycles. The van der Waals surface area contributed by atoms with Crippen molar-refractivity contribution in [1.29, 1.82) is 0 Å². The van der Waals surface area contributed by atoms with Crippen LogP contribution in [-0.4, -0.2) is 28.3 Å². The lowest BCUT2D eigenvalue weighted by Gasteiger charge is -2.29. The molecule has 1 amide bonds. The Morgan fingerprint density at radius 3 is 2.59 bits per heavy atom. The Balaban J connectivity index is 2.09. The summed E-state index contributed by atoms with van der Waals surface area (Å²) in [5.41, 5.74) is 3.01. The number of phenolic OH excluding ortho intramolecular Hbond substituents is 3. The molecule has 0 bridgehead atoms. The molecule has 0 aromatic heterocycles. The van der Waals surface area contributed by atoms with Crippen LogP contribution in [0.4, 0.5) is 5.69 Å². The number of phenols is 3. The molecule has 1 unspecified atom stereocenters. The highest BCUT2D eigenvalue weighted by Gasteiger charge is 2.25. The van der Waals surface area contributed by atoms with Crippen LogP contribution in [0.15, 0.2) is 30.3 Å². The maximum Gasteiger partial charge on any atom is 0.211 e. The zero-order valence-electron chi connectivity index (χ0n) is 11.7. The molecule has 6 heteroatoms.